The number of amides is 3. The Balaban J connectivity index is 2.05. The molecular formula is C26H40BrN3O5. The minimum absolute atomic E-state index is 0.0187. The van der Waals surface area contributed by atoms with Crippen LogP contribution in [0.3, 0.4) is 0 Å². The van der Waals surface area contributed by atoms with E-state index in [4.69, 9.17) is 4.74 Å². The van der Waals surface area contributed by atoms with E-state index in [0.717, 1.165) is 19.3 Å². The van der Waals surface area contributed by atoms with Crippen molar-refractivity contribution in [2.24, 2.45) is 11.8 Å². The molecule has 3 aliphatic rings. The van der Waals surface area contributed by atoms with E-state index in [-0.39, 0.29) is 41.7 Å². The number of fused-ring (bicyclic) bond motifs is 1. The van der Waals surface area contributed by atoms with Crippen molar-refractivity contribution >= 4 is 33.7 Å². The van der Waals surface area contributed by atoms with Crippen molar-refractivity contribution in [2.45, 2.75) is 75.1 Å². The van der Waals surface area contributed by atoms with Gasteiger partial charge in [0.2, 0.25) is 17.7 Å². The SMILES string of the molecule is C=CCN(CCC)C(=O)[C@H]1[C@H]2C(=O)N(CCO)C(C(=O)N(CC=C)C(C)CCC)C23CC(Br)[C@@H]1O3. The summed E-state index contributed by atoms with van der Waals surface area (Å²) < 4.78 is 6.55. The highest BCUT2D eigenvalue weighted by atomic mass is 79.9. The van der Waals surface area contributed by atoms with Crippen LogP contribution in [0, 0.1) is 11.8 Å². The van der Waals surface area contributed by atoms with Gasteiger partial charge in [-0.15, -0.1) is 13.2 Å². The number of hydrogen-bond donors (Lipinski definition) is 1. The minimum atomic E-state index is -1.11. The van der Waals surface area contributed by atoms with Gasteiger partial charge in [0.05, 0.1) is 24.5 Å². The number of rotatable bonds is 13. The summed E-state index contributed by atoms with van der Waals surface area (Å²) in [6.45, 7) is 14.7. The highest BCUT2D eigenvalue weighted by Gasteiger charge is 2.76. The van der Waals surface area contributed by atoms with Gasteiger partial charge in [-0.25, -0.2) is 0 Å². The lowest BCUT2D eigenvalue weighted by Gasteiger charge is -2.39. The standard InChI is InChI=1S/C26H40BrN3O5/c1-6-10-17(5)29(13-9-4)25(34)22-26-16-18(27)21(35-26)19(20(26)24(33)30(22)14-15-31)23(32)28(11-7-2)12-8-3/h7,9,17-22,31H,2,4,6,8,10-16H2,1,3,5H3/t17?,18?,19-,20-,21-,22?,26?/m0/s1. The molecule has 196 valence electrons. The molecule has 3 fully saturated rings. The lowest BCUT2D eigenvalue weighted by Crippen LogP contribution is -2.58. The maximum Gasteiger partial charge on any atom is 0.248 e. The van der Waals surface area contributed by atoms with E-state index in [1.807, 2.05) is 13.8 Å². The van der Waals surface area contributed by atoms with Gasteiger partial charge < -0.3 is 24.5 Å². The van der Waals surface area contributed by atoms with E-state index in [9.17, 15) is 19.5 Å². The second-order valence-electron chi connectivity index (χ2n) is 9.91. The van der Waals surface area contributed by atoms with Crippen LogP contribution in [0.25, 0.3) is 0 Å². The number of hydrogen-bond acceptors (Lipinski definition) is 5. The fraction of sp³-hybridized carbons (Fsp3) is 0.731. The normalized spacial score (nSPS) is 31.9. The van der Waals surface area contributed by atoms with Crippen molar-refractivity contribution in [1.82, 2.24) is 14.7 Å². The smallest absolute Gasteiger partial charge is 0.248 e. The highest BCUT2D eigenvalue weighted by molar-refractivity contribution is 9.09. The zero-order chi connectivity index (χ0) is 25.9. The second kappa shape index (κ2) is 11.6. The molecule has 0 aliphatic carbocycles. The van der Waals surface area contributed by atoms with Crippen molar-refractivity contribution in [2.75, 3.05) is 32.8 Å². The van der Waals surface area contributed by atoms with E-state index < -0.39 is 29.6 Å². The molecular weight excluding hydrogens is 514 g/mol. The summed E-state index contributed by atoms with van der Waals surface area (Å²) in [5.41, 5.74) is -1.11. The van der Waals surface area contributed by atoms with Gasteiger partial charge in [-0.2, -0.15) is 0 Å². The van der Waals surface area contributed by atoms with Crippen molar-refractivity contribution < 1.29 is 24.2 Å². The molecule has 7 atom stereocenters. The van der Waals surface area contributed by atoms with Crippen LogP contribution in [0.15, 0.2) is 25.3 Å². The Kier molecular flexibility index (Phi) is 9.21. The third-order valence-electron chi connectivity index (χ3n) is 7.65. The number of halogens is 1. The summed E-state index contributed by atoms with van der Waals surface area (Å²) in [4.78, 5) is 46.5. The van der Waals surface area contributed by atoms with Crippen LogP contribution in [-0.4, -0.2) is 98.9 Å². The summed E-state index contributed by atoms with van der Waals surface area (Å²) in [5.74, 6) is -2.08. The molecule has 3 rings (SSSR count). The van der Waals surface area contributed by atoms with Crippen LogP contribution >= 0.6 is 15.9 Å². The molecule has 3 aliphatic heterocycles. The monoisotopic (exact) mass is 553 g/mol. The summed E-state index contributed by atoms with van der Waals surface area (Å²) in [5, 5.41) is 9.79. The summed E-state index contributed by atoms with van der Waals surface area (Å²) in [6, 6.07) is -0.941. The van der Waals surface area contributed by atoms with Gasteiger partial charge in [0.15, 0.2) is 0 Å². The minimum Gasteiger partial charge on any atom is -0.395 e. The molecule has 2 bridgehead atoms. The van der Waals surface area contributed by atoms with Gasteiger partial charge in [0.25, 0.3) is 0 Å². The number of nitrogens with zero attached hydrogens (tertiary/aromatic N) is 3. The highest BCUT2D eigenvalue weighted by Crippen LogP contribution is 2.60. The van der Waals surface area contributed by atoms with Crippen molar-refractivity contribution in [1.29, 1.82) is 0 Å². The summed E-state index contributed by atoms with van der Waals surface area (Å²) in [7, 11) is 0. The van der Waals surface area contributed by atoms with E-state index >= 15 is 0 Å². The molecule has 0 aromatic carbocycles. The van der Waals surface area contributed by atoms with Gasteiger partial charge in [0.1, 0.15) is 11.6 Å². The second-order valence-corrected chi connectivity index (χ2v) is 11.1. The van der Waals surface area contributed by atoms with E-state index in [1.54, 1.807) is 22.0 Å². The maximum absolute atomic E-state index is 14.1. The Morgan fingerprint density at radius 1 is 1.26 bits per heavy atom. The maximum atomic E-state index is 14.1. The van der Waals surface area contributed by atoms with Gasteiger partial charge in [-0.3, -0.25) is 14.4 Å². The predicted octanol–water partition coefficient (Wildman–Crippen LogP) is 2.35. The largest absolute Gasteiger partial charge is 0.395 e. The molecule has 3 heterocycles. The lowest BCUT2D eigenvalue weighted by atomic mass is 9.70. The number of β-amino-alcohol motifs (C(OH)–C–C–N with tert-alkyl or cyclic N) is 1. The first-order valence-corrected chi connectivity index (χ1v) is 13.7. The fourth-order valence-corrected chi connectivity index (χ4v) is 7.27. The number of carbonyl (C=O) groups is 3. The average Bonchev–Trinajstić information content (AvgIpc) is 3.40. The predicted molar refractivity (Wildman–Crippen MR) is 138 cm³/mol. The van der Waals surface area contributed by atoms with Crippen LogP contribution in [0.4, 0.5) is 0 Å². The Morgan fingerprint density at radius 2 is 1.94 bits per heavy atom. The Hall–Kier alpha value is -1.71. The quantitative estimate of drug-likeness (QED) is 0.279. The molecule has 3 amide bonds. The van der Waals surface area contributed by atoms with Gasteiger partial charge in [-0.1, -0.05) is 48.4 Å². The number of likely N-dealkylation sites (tertiary alicyclic amines) is 1. The van der Waals surface area contributed by atoms with Gasteiger partial charge in [0, 0.05) is 37.0 Å². The van der Waals surface area contributed by atoms with Crippen molar-refractivity contribution in [3.63, 3.8) is 0 Å². The number of carbonyl (C=O) groups excluding carboxylic acids is 3. The Morgan fingerprint density at radius 3 is 2.51 bits per heavy atom. The third kappa shape index (κ3) is 4.71. The van der Waals surface area contributed by atoms with Crippen LogP contribution in [0.1, 0.15) is 46.5 Å². The molecule has 4 unspecified atom stereocenters. The molecule has 0 saturated carbocycles. The molecule has 8 nitrogen and oxygen atoms in total. The number of alkyl halides is 1. The van der Waals surface area contributed by atoms with Crippen molar-refractivity contribution in [3.05, 3.63) is 25.3 Å². The zero-order valence-electron chi connectivity index (χ0n) is 21.2. The molecule has 9 heteroatoms. The molecule has 0 aromatic heterocycles. The van der Waals surface area contributed by atoms with Gasteiger partial charge >= 0.3 is 0 Å². The average molecular weight is 555 g/mol. The lowest BCUT2D eigenvalue weighted by molar-refractivity contribution is -0.150. The summed E-state index contributed by atoms with van der Waals surface area (Å²) >= 11 is 3.70. The summed E-state index contributed by atoms with van der Waals surface area (Å²) in [6.07, 6.45) is 5.85. The van der Waals surface area contributed by atoms with Crippen molar-refractivity contribution in [3.8, 4) is 0 Å². The molecule has 0 aromatic rings. The molecule has 35 heavy (non-hydrogen) atoms. The van der Waals surface area contributed by atoms with E-state index in [2.05, 4.69) is 36.0 Å². The first kappa shape index (κ1) is 27.9. The Labute approximate surface area is 217 Å². The van der Waals surface area contributed by atoms with Crippen LogP contribution in [0.2, 0.25) is 0 Å². The third-order valence-corrected chi connectivity index (χ3v) is 8.50. The van der Waals surface area contributed by atoms with E-state index in [0.29, 0.717) is 26.1 Å². The van der Waals surface area contributed by atoms with E-state index in [1.165, 1.54) is 4.90 Å². The Bertz CT molecular complexity index is 838. The molecule has 1 N–H and O–H groups in total. The number of aliphatic hydroxyl groups excluding tert-OH is 1. The van der Waals surface area contributed by atoms with Crippen LogP contribution in [0.5, 0.6) is 0 Å². The number of ether oxygens (including phenoxy) is 1. The first-order chi connectivity index (χ1) is 16.7. The molecule has 0 radical (unpaired) electrons. The van der Waals surface area contributed by atoms with Crippen LogP contribution < -0.4 is 0 Å². The van der Waals surface area contributed by atoms with Gasteiger partial charge in [-0.05, 0) is 26.2 Å². The molecule has 1 spiro atoms. The first-order valence-electron chi connectivity index (χ1n) is 12.8. The van der Waals surface area contributed by atoms with Crippen LogP contribution in [-0.2, 0) is 19.1 Å². The number of aliphatic hydroxyl groups is 1. The molecule has 3 saturated heterocycles. The topological polar surface area (TPSA) is 90.4 Å². The fourth-order valence-electron chi connectivity index (χ4n) is 6.32. The zero-order valence-corrected chi connectivity index (χ0v) is 22.8.